The molecule has 148 valence electrons. The zero-order chi connectivity index (χ0) is 20.1. The lowest BCUT2D eigenvalue weighted by Crippen LogP contribution is -2.49. The van der Waals surface area contributed by atoms with Crippen molar-refractivity contribution in [1.82, 2.24) is 10.2 Å². The zero-order valence-electron chi connectivity index (χ0n) is 17.1. The van der Waals surface area contributed by atoms with Crippen LogP contribution in [0.15, 0.2) is 54.6 Å². The minimum absolute atomic E-state index is 0.0148. The summed E-state index contributed by atoms with van der Waals surface area (Å²) >= 11 is 0. The number of nitrogens with one attached hydrogen (secondary N) is 1. The third-order valence-electron chi connectivity index (χ3n) is 5.32. The second-order valence-corrected chi connectivity index (χ2v) is 8.58. The summed E-state index contributed by atoms with van der Waals surface area (Å²) < 4.78 is 0. The van der Waals surface area contributed by atoms with Gasteiger partial charge in [0, 0.05) is 25.1 Å². The van der Waals surface area contributed by atoms with E-state index in [4.69, 9.17) is 0 Å². The van der Waals surface area contributed by atoms with Crippen molar-refractivity contribution in [1.29, 1.82) is 0 Å². The van der Waals surface area contributed by atoms with Gasteiger partial charge in [0.2, 0.25) is 5.91 Å². The van der Waals surface area contributed by atoms with E-state index in [2.05, 4.69) is 26.1 Å². The van der Waals surface area contributed by atoms with E-state index in [-0.39, 0.29) is 17.2 Å². The van der Waals surface area contributed by atoms with Gasteiger partial charge in [0.25, 0.3) is 5.91 Å². The van der Waals surface area contributed by atoms with Gasteiger partial charge in [0.1, 0.15) is 6.04 Å². The fraction of sp³-hybridized carbons (Fsp3) is 0.417. The lowest BCUT2D eigenvalue weighted by Gasteiger charge is -2.24. The maximum Gasteiger partial charge on any atom is 0.251 e. The van der Waals surface area contributed by atoms with Crippen LogP contribution in [0.4, 0.5) is 0 Å². The first-order chi connectivity index (χ1) is 13.3. The van der Waals surface area contributed by atoms with Crippen LogP contribution in [0, 0.1) is 0 Å². The third-order valence-corrected chi connectivity index (χ3v) is 5.32. The molecule has 0 radical (unpaired) electrons. The molecular formula is C24H30N2O2. The van der Waals surface area contributed by atoms with E-state index in [1.165, 1.54) is 5.56 Å². The number of nitrogens with zero attached hydrogens (tertiary/aromatic N) is 1. The molecule has 28 heavy (non-hydrogen) atoms. The molecule has 2 aromatic rings. The van der Waals surface area contributed by atoms with E-state index in [1.54, 1.807) is 0 Å². The number of amides is 2. The van der Waals surface area contributed by atoms with Crippen LogP contribution in [0.25, 0.3) is 0 Å². The van der Waals surface area contributed by atoms with Crippen molar-refractivity contribution in [3.05, 3.63) is 71.3 Å². The second-order valence-electron chi connectivity index (χ2n) is 8.58. The number of likely N-dealkylation sites (tertiary alicyclic amines) is 1. The summed E-state index contributed by atoms with van der Waals surface area (Å²) in [5.74, 6) is -0.185. The molecule has 1 N–H and O–H groups in total. The van der Waals surface area contributed by atoms with Gasteiger partial charge in [-0.05, 0) is 41.5 Å². The maximum absolute atomic E-state index is 13.0. The van der Waals surface area contributed by atoms with Crippen LogP contribution in [-0.2, 0) is 16.6 Å². The van der Waals surface area contributed by atoms with Crippen LogP contribution in [0.5, 0.6) is 0 Å². The SMILES string of the molecule is CC(C)(C)c1ccc(C(=O)NC(Cc2ccccc2)C(=O)N2CCCC2)cc1. The number of carbonyl (C=O) groups excluding carboxylic acids is 2. The maximum atomic E-state index is 13.0. The first-order valence-corrected chi connectivity index (χ1v) is 10.1. The van der Waals surface area contributed by atoms with Crippen LogP contribution >= 0.6 is 0 Å². The summed E-state index contributed by atoms with van der Waals surface area (Å²) in [5, 5.41) is 2.99. The van der Waals surface area contributed by atoms with Gasteiger partial charge in [0.15, 0.2) is 0 Å². The monoisotopic (exact) mass is 378 g/mol. The van der Waals surface area contributed by atoms with Gasteiger partial charge >= 0.3 is 0 Å². The molecule has 2 aromatic carbocycles. The second kappa shape index (κ2) is 8.59. The molecule has 1 unspecified atom stereocenters. The number of hydrogen-bond acceptors (Lipinski definition) is 2. The van der Waals surface area contributed by atoms with Crippen molar-refractivity contribution in [2.75, 3.05) is 13.1 Å². The summed E-state index contributed by atoms with van der Waals surface area (Å²) in [6.07, 6.45) is 2.57. The van der Waals surface area contributed by atoms with Gasteiger partial charge in [-0.25, -0.2) is 0 Å². The Kier molecular flexibility index (Phi) is 6.18. The Balaban J connectivity index is 1.75. The van der Waals surface area contributed by atoms with Crippen molar-refractivity contribution >= 4 is 11.8 Å². The Morgan fingerprint density at radius 1 is 0.964 bits per heavy atom. The van der Waals surface area contributed by atoms with E-state index in [0.717, 1.165) is 31.5 Å². The molecule has 1 fully saturated rings. The Labute approximate surface area is 167 Å². The zero-order valence-corrected chi connectivity index (χ0v) is 17.1. The van der Waals surface area contributed by atoms with Crippen LogP contribution in [0.1, 0.15) is 55.1 Å². The molecule has 3 rings (SSSR count). The minimum atomic E-state index is -0.546. The summed E-state index contributed by atoms with van der Waals surface area (Å²) in [6, 6.07) is 17.0. The predicted molar refractivity (Wildman–Crippen MR) is 112 cm³/mol. The summed E-state index contributed by atoms with van der Waals surface area (Å²) in [7, 11) is 0. The van der Waals surface area contributed by atoms with Gasteiger partial charge < -0.3 is 10.2 Å². The lowest BCUT2D eigenvalue weighted by atomic mass is 9.86. The van der Waals surface area contributed by atoms with Gasteiger partial charge in [-0.15, -0.1) is 0 Å². The first kappa shape index (κ1) is 20.1. The molecule has 0 saturated carbocycles. The van der Waals surface area contributed by atoms with Gasteiger partial charge in [0.05, 0.1) is 0 Å². The smallest absolute Gasteiger partial charge is 0.251 e. The average molecular weight is 379 g/mol. The quantitative estimate of drug-likeness (QED) is 0.856. The molecule has 2 amide bonds. The highest BCUT2D eigenvalue weighted by Gasteiger charge is 2.28. The highest BCUT2D eigenvalue weighted by atomic mass is 16.2. The molecule has 0 aliphatic carbocycles. The van der Waals surface area contributed by atoms with Crippen molar-refractivity contribution < 1.29 is 9.59 Å². The summed E-state index contributed by atoms with van der Waals surface area (Å²) in [4.78, 5) is 27.7. The molecule has 1 aliphatic heterocycles. The van der Waals surface area contributed by atoms with E-state index >= 15 is 0 Å². The Morgan fingerprint density at radius 2 is 1.57 bits per heavy atom. The molecule has 0 aromatic heterocycles. The van der Waals surface area contributed by atoms with Crippen molar-refractivity contribution in [3.8, 4) is 0 Å². The number of hydrogen-bond donors (Lipinski definition) is 1. The first-order valence-electron chi connectivity index (χ1n) is 10.1. The molecule has 1 atom stereocenters. The predicted octanol–water partition coefficient (Wildman–Crippen LogP) is 3.95. The third kappa shape index (κ3) is 5.00. The van der Waals surface area contributed by atoms with Gasteiger partial charge in [-0.1, -0.05) is 63.2 Å². The highest BCUT2D eigenvalue weighted by Crippen LogP contribution is 2.22. The van der Waals surface area contributed by atoms with Crippen molar-refractivity contribution in [2.45, 2.75) is 51.5 Å². The fourth-order valence-electron chi connectivity index (χ4n) is 3.57. The van der Waals surface area contributed by atoms with Crippen LogP contribution < -0.4 is 5.32 Å². The minimum Gasteiger partial charge on any atom is -0.341 e. The molecule has 1 aliphatic rings. The Hall–Kier alpha value is -2.62. The van der Waals surface area contributed by atoms with Crippen molar-refractivity contribution in [2.24, 2.45) is 0 Å². The lowest BCUT2D eigenvalue weighted by molar-refractivity contribution is -0.132. The van der Waals surface area contributed by atoms with Crippen LogP contribution in [0.3, 0.4) is 0 Å². The number of carbonyl (C=O) groups is 2. The molecule has 1 saturated heterocycles. The number of benzene rings is 2. The van der Waals surface area contributed by atoms with Crippen LogP contribution in [-0.4, -0.2) is 35.8 Å². The largest absolute Gasteiger partial charge is 0.341 e. The molecular weight excluding hydrogens is 348 g/mol. The molecule has 4 heteroatoms. The summed E-state index contributed by atoms with van der Waals surface area (Å²) in [6.45, 7) is 7.99. The topological polar surface area (TPSA) is 49.4 Å². The normalized spacial score (nSPS) is 15.3. The van der Waals surface area contributed by atoms with Crippen molar-refractivity contribution in [3.63, 3.8) is 0 Å². The standard InChI is InChI=1S/C24H30N2O2/c1-24(2,3)20-13-11-19(12-14-20)22(27)25-21(17-18-9-5-4-6-10-18)23(28)26-15-7-8-16-26/h4-6,9-14,21H,7-8,15-17H2,1-3H3,(H,25,27). The van der Waals surface area contributed by atoms with Gasteiger partial charge in [-0.2, -0.15) is 0 Å². The van der Waals surface area contributed by atoms with E-state index in [1.807, 2.05) is 59.5 Å². The molecule has 1 heterocycles. The van der Waals surface area contributed by atoms with E-state index in [0.29, 0.717) is 12.0 Å². The molecule has 4 nitrogen and oxygen atoms in total. The fourth-order valence-corrected chi connectivity index (χ4v) is 3.57. The van der Waals surface area contributed by atoms with E-state index < -0.39 is 6.04 Å². The van der Waals surface area contributed by atoms with Crippen LogP contribution in [0.2, 0.25) is 0 Å². The average Bonchev–Trinajstić information content (AvgIpc) is 3.22. The Morgan fingerprint density at radius 3 is 2.14 bits per heavy atom. The highest BCUT2D eigenvalue weighted by molar-refractivity contribution is 5.97. The summed E-state index contributed by atoms with van der Waals surface area (Å²) in [5.41, 5.74) is 2.85. The number of rotatable bonds is 5. The van der Waals surface area contributed by atoms with E-state index in [9.17, 15) is 9.59 Å². The van der Waals surface area contributed by atoms with Gasteiger partial charge in [-0.3, -0.25) is 9.59 Å². The molecule has 0 bridgehead atoms. The molecule has 0 spiro atoms. The Bertz CT molecular complexity index is 801.